The molecule has 3 N–H and O–H groups in total. The molecule has 0 aliphatic carbocycles. The van der Waals surface area contributed by atoms with Crippen molar-refractivity contribution in [1.29, 1.82) is 0 Å². The highest BCUT2D eigenvalue weighted by atomic mass is 16.4. The second-order valence-electron chi connectivity index (χ2n) is 3.74. The first kappa shape index (κ1) is 13.2. The normalized spacial score (nSPS) is 13.9. The lowest BCUT2D eigenvalue weighted by molar-refractivity contribution is -0.150. The molecular formula is C12H15NO4. The molecule has 0 bridgehead atoms. The molecule has 5 nitrogen and oxygen atoms in total. The molecule has 0 radical (unpaired) electrons. The van der Waals surface area contributed by atoms with Crippen LogP contribution in [-0.2, 0) is 16.0 Å². The average molecular weight is 237 g/mol. The van der Waals surface area contributed by atoms with Crippen LogP contribution in [0.1, 0.15) is 5.56 Å². The first-order valence-electron chi connectivity index (χ1n) is 5.23. The van der Waals surface area contributed by atoms with Crippen LogP contribution >= 0.6 is 0 Å². The maximum Gasteiger partial charge on any atom is 0.321 e. The van der Waals surface area contributed by atoms with Crippen LogP contribution in [0.15, 0.2) is 30.3 Å². The summed E-state index contributed by atoms with van der Waals surface area (Å²) in [5.41, 5.74) is 0.807. The molecule has 0 spiro atoms. The smallest absolute Gasteiger partial charge is 0.321 e. The number of hydrogen-bond acceptors (Lipinski definition) is 3. The van der Waals surface area contributed by atoms with Crippen molar-refractivity contribution in [3.8, 4) is 0 Å². The van der Waals surface area contributed by atoms with Crippen molar-refractivity contribution in [2.24, 2.45) is 5.92 Å². The van der Waals surface area contributed by atoms with E-state index < -0.39 is 23.9 Å². The third-order valence-corrected chi connectivity index (χ3v) is 2.60. The zero-order valence-corrected chi connectivity index (χ0v) is 9.46. The van der Waals surface area contributed by atoms with Crippen LogP contribution in [0.4, 0.5) is 0 Å². The Morgan fingerprint density at radius 1 is 1.18 bits per heavy atom. The zero-order valence-electron chi connectivity index (χ0n) is 9.46. The monoisotopic (exact) mass is 237 g/mol. The van der Waals surface area contributed by atoms with E-state index in [4.69, 9.17) is 10.2 Å². The molecule has 2 atom stereocenters. The molecule has 17 heavy (non-hydrogen) atoms. The molecule has 1 aromatic carbocycles. The van der Waals surface area contributed by atoms with Crippen LogP contribution in [-0.4, -0.2) is 35.2 Å². The van der Waals surface area contributed by atoms with E-state index in [1.807, 2.05) is 6.07 Å². The maximum absolute atomic E-state index is 11.1. The average Bonchev–Trinajstić information content (AvgIpc) is 2.29. The molecule has 1 rings (SSSR count). The van der Waals surface area contributed by atoms with Crippen LogP contribution in [0.5, 0.6) is 0 Å². The van der Waals surface area contributed by atoms with Crippen LogP contribution in [0.3, 0.4) is 0 Å². The number of nitrogens with one attached hydrogen (secondary N) is 1. The van der Waals surface area contributed by atoms with E-state index in [-0.39, 0.29) is 6.42 Å². The van der Waals surface area contributed by atoms with Crippen LogP contribution in [0.2, 0.25) is 0 Å². The number of likely N-dealkylation sites (N-methyl/N-ethyl adjacent to an activating group) is 1. The van der Waals surface area contributed by atoms with Gasteiger partial charge in [0.25, 0.3) is 0 Å². The fraction of sp³-hybridized carbons (Fsp3) is 0.333. The van der Waals surface area contributed by atoms with E-state index in [1.165, 1.54) is 7.05 Å². The molecule has 0 saturated carbocycles. The summed E-state index contributed by atoms with van der Waals surface area (Å²) in [5, 5.41) is 20.5. The van der Waals surface area contributed by atoms with Gasteiger partial charge < -0.3 is 15.5 Å². The number of rotatable bonds is 6. The first-order chi connectivity index (χ1) is 8.06. The molecule has 92 valence electrons. The third-order valence-electron chi connectivity index (χ3n) is 2.60. The summed E-state index contributed by atoms with van der Waals surface area (Å²) in [6.07, 6.45) is 0.188. The quantitative estimate of drug-likeness (QED) is 0.674. The van der Waals surface area contributed by atoms with Crippen molar-refractivity contribution < 1.29 is 19.8 Å². The van der Waals surface area contributed by atoms with Crippen LogP contribution in [0, 0.1) is 5.92 Å². The van der Waals surface area contributed by atoms with E-state index >= 15 is 0 Å². The Hall–Kier alpha value is -1.88. The molecule has 0 aromatic heterocycles. The van der Waals surface area contributed by atoms with Crippen molar-refractivity contribution in [2.75, 3.05) is 7.05 Å². The van der Waals surface area contributed by atoms with Crippen molar-refractivity contribution in [3.63, 3.8) is 0 Å². The van der Waals surface area contributed by atoms with Crippen molar-refractivity contribution >= 4 is 11.9 Å². The van der Waals surface area contributed by atoms with Gasteiger partial charge in [-0.25, -0.2) is 0 Å². The lowest BCUT2D eigenvalue weighted by atomic mass is 9.92. The Labute approximate surface area is 99.1 Å². The van der Waals surface area contributed by atoms with Gasteiger partial charge in [0.1, 0.15) is 6.04 Å². The van der Waals surface area contributed by atoms with Gasteiger partial charge >= 0.3 is 11.9 Å². The Bertz CT molecular complexity index is 391. The van der Waals surface area contributed by atoms with Gasteiger partial charge in [-0.15, -0.1) is 0 Å². The predicted molar refractivity (Wildman–Crippen MR) is 61.8 cm³/mol. The summed E-state index contributed by atoms with van der Waals surface area (Å²) < 4.78 is 0. The lowest BCUT2D eigenvalue weighted by Gasteiger charge is -2.19. The maximum atomic E-state index is 11.1. The van der Waals surface area contributed by atoms with E-state index in [0.29, 0.717) is 0 Å². The fourth-order valence-corrected chi connectivity index (χ4v) is 1.71. The van der Waals surface area contributed by atoms with Gasteiger partial charge in [-0.05, 0) is 19.0 Å². The van der Waals surface area contributed by atoms with Crippen LogP contribution < -0.4 is 5.32 Å². The Balaban J connectivity index is 2.87. The summed E-state index contributed by atoms with van der Waals surface area (Å²) in [6, 6.07) is 7.89. The van der Waals surface area contributed by atoms with Gasteiger partial charge in [0.2, 0.25) is 0 Å². The molecular weight excluding hydrogens is 222 g/mol. The van der Waals surface area contributed by atoms with E-state index in [1.54, 1.807) is 24.3 Å². The minimum Gasteiger partial charge on any atom is -0.481 e. The summed E-state index contributed by atoms with van der Waals surface area (Å²) in [4.78, 5) is 22.0. The Morgan fingerprint density at radius 3 is 2.18 bits per heavy atom. The van der Waals surface area contributed by atoms with E-state index in [2.05, 4.69) is 5.32 Å². The predicted octanol–water partition coefficient (Wildman–Crippen LogP) is 0.602. The van der Waals surface area contributed by atoms with Gasteiger partial charge in [-0.2, -0.15) is 0 Å². The number of aliphatic carboxylic acids is 2. The van der Waals surface area contributed by atoms with Gasteiger partial charge in [0, 0.05) is 0 Å². The van der Waals surface area contributed by atoms with Gasteiger partial charge in [0.15, 0.2) is 0 Å². The highest BCUT2D eigenvalue weighted by Crippen LogP contribution is 2.13. The van der Waals surface area contributed by atoms with Gasteiger partial charge in [0.05, 0.1) is 5.92 Å². The minimum absolute atomic E-state index is 0.188. The van der Waals surface area contributed by atoms with Crippen LogP contribution in [0.25, 0.3) is 0 Å². The number of carboxylic acids is 2. The first-order valence-corrected chi connectivity index (χ1v) is 5.23. The number of carboxylic acid groups (broad SMARTS) is 2. The number of benzene rings is 1. The number of carbonyl (C=O) groups is 2. The topological polar surface area (TPSA) is 86.6 Å². The fourth-order valence-electron chi connectivity index (χ4n) is 1.71. The molecule has 0 aliphatic heterocycles. The molecule has 1 unspecified atom stereocenters. The molecule has 5 heteroatoms. The molecule has 1 aromatic rings. The van der Waals surface area contributed by atoms with Crippen molar-refractivity contribution in [2.45, 2.75) is 12.5 Å². The molecule has 0 saturated heterocycles. The zero-order chi connectivity index (χ0) is 12.8. The van der Waals surface area contributed by atoms with Gasteiger partial charge in [-0.1, -0.05) is 30.3 Å². The summed E-state index contributed by atoms with van der Waals surface area (Å²) in [5.74, 6) is -3.26. The Kier molecular flexibility index (Phi) is 4.66. The second kappa shape index (κ2) is 6.00. The number of hydrogen-bond donors (Lipinski definition) is 3. The standard InChI is InChI=1S/C12H15NO4/c1-13-10(12(16)17)9(11(14)15)7-8-5-3-2-4-6-8/h2-6,9-10,13H,7H2,1H3,(H,14,15)(H,16,17)/t9?,10-/m0/s1. The largest absolute Gasteiger partial charge is 0.481 e. The van der Waals surface area contributed by atoms with E-state index in [9.17, 15) is 9.59 Å². The third kappa shape index (κ3) is 3.57. The highest BCUT2D eigenvalue weighted by Gasteiger charge is 2.32. The Morgan fingerprint density at radius 2 is 1.76 bits per heavy atom. The summed E-state index contributed by atoms with van der Waals surface area (Å²) in [6.45, 7) is 0. The van der Waals surface area contributed by atoms with Gasteiger partial charge in [-0.3, -0.25) is 9.59 Å². The minimum atomic E-state index is -1.16. The highest BCUT2D eigenvalue weighted by molar-refractivity contribution is 5.82. The van der Waals surface area contributed by atoms with Crippen molar-refractivity contribution in [1.82, 2.24) is 5.32 Å². The SMILES string of the molecule is CN[C@H](C(=O)O)C(Cc1ccccc1)C(=O)O. The summed E-state index contributed by atoms with van der Waals surface area (Å²) in [7, 11) is 1.44. The molecule has 0 heterocycles. The second-order valence-corrected chi connectivity index (χ2v) is 3.74. The summed E-state index contributed by atoms with van der Waals surface area (Å²) >= 11 is 0. The molecule has 0 fully saturated rings. The van der Waals surface area contributed by atoms with Crippen molar-refractivity contribution in [3.05, 3.63) is 35.9 Å². The van der Waals surface area contributed by atoms with E-state index in [0.717, 1.165) is 5.56 Å². The lowest BCUT2D eigenvalue weighted by Crippen LogP contribution is -2.45. The molecule has 0 amide bonds. The molecule has 0 aliphatic rings.